The average molecular weight is 231 g/mol. The maximum atomic E-state index is 11.5. The number of rotatable bonds is 1. The molecule has 1 aliphatic carbocycles. The van der Waals surface area contributed by atoms with Gasteiger partial charge in [-0.15, -0.1) is 0 Å². The number of carbonyl (C=O) groups excluding carboxylic acids is 1. The van der Waals surface area contributed by atoms with Crippen molar-refractivity contribution in [3.63, 3.8) is 0 Å². The molecule has 1 aromatic rings. The first-order chi connectivity index (χ1) is 8.25. The van der Waals surface area contributed by atoms with E-state index in [-0.39, 0.29) is 11.5 Å². The van der Waals surface area contributed by atoms with Crippen LogP contribution in [0.2, 0.25) is 0 Å². The number of nitrogens with one attached hydrogen (secondary N) is 1. The number of ether oxygens (including phenoxy) is 1. The van der Waals surface area contributed by atoms with Gasteiger partial charge in [0.25, 0.3) is 0 Å². The van der Waals surface area contributed by atoms with Crippen LogP contribution in [-0.2, 0) is 16.7 Å². The fourth-order valence-electron chi connectivity index (χ4n) is 3.10. The molecule has 1 atom stereocenters. The molecule has 3 nitrogen and oxygen atoms in total. The molecule has 1 aromatic carbocycles. The molecular weight excluding hydrogens is 214 g/mol. The maximum Gasteiger partial charge on any atom is 0.337 e. The molecule has 17 heavy (non-hydrogen) atoms. The van der Waals surface area contributed by atoms with E-state index in [4.69, 9.17) is 4.74 Å². The highest BCUT2D eigenvalue weighted by Crippen LogP contribution is 2.42. The molecule has 3 heteroatoms. The number of methoxy groups -OCH3 is 1. The molecule has 1 N–H and O–H groups in total. The van der Waals surface area contributed by atoms with Crippen molar-refractivity contribution in [3.05, 3.63) is 34.9 Å². The number of benzene rings is 1. The lowest BCUT2D eigenvalue weighted by molar-refractivity contribution is 0.0600. The van der Waals surface area contributed by atoms with Gasteiger partial charge >= 0.3 is 5.97 Å². The first kappa shape index (κ1) is 10.8. The third kappa shape index (κ3) is 1.57. The number of hydrogen-bond acceptors (Lipinski definition) is 3. The molecule has 1 saturated heterocycles. The Morgan fingerprint density at radius 1 is 1.41 bits per heavy atom. The van der Waals surface area contributed by atoms with Gasteiger partial charge in [-0.3, -0.25) is 0 Å². The van der Waals surface area contributed by atoms with Gasteiger partial charge in [-0.1, -0.05) is 6.07 Å². The van der Waals surface area contributed by atoms with Gasteiger partial charge in [0.15, 0.2) is 0 Å². The third-order valence-electron chi connectivity index (χ3n) is 4.11. The van der Waals surface area contributed by atoms with Gasteiger partial charge in [0.1, 0.15) is 0 Å². The third-order valence-corrected chi connectivity index (χ3v) is 4.11. The van der Waals surface area contributed by atoms with Gasteiger partial charge in [-0.2, -0.15) is 0 Å². The van der Waals surface area contributed by atoms with Crippen LogP contribution in [0.15, 0.2) is 18.2 Å². The monoisotopic (exact) mass is 231 g/mol. The molecule has 0 amide bonds. The van der Waals surface area contributed by atoms with E-state index in [1.54, 1.807) is 0 Å². The van der Waals surface area contributed by atoms with E-state index in [0.29, 0.717) is 5.56 Å². The van der Waals surface area contributed by atoms with Gasteiger partial charge in [0.2, 0.25) is 0 Å². The van der Waals surface area contributed by atoms with E-state index in [1.807, 2.05) is 12.1 Å². The predicted molar refractivity (Wildman–Crippen MR) is 65.0 cm³/mol. The van der Waals surface area contributed by atoms with Crippen LogP contribution in [0.4, 0.5) is 0 Å². The summed E-state index contributed by atoms with van der Waals surface area (Å²) in [5.74, 6) is -0.242. The number of esters is 1. The second-order valence-electron chi connectivity index (χ2n) is 4.98. The van der Waals surface area contributed by atoms with Crippen LogP contribution in [0.5, 0.6) is 0 Å². The second-order valence-corrected chi connectivity index (χ2v) is 4.98. The van der Waals surface area contributed by atoms with Gasteiger partial charge in [0.05, 0.1) is 12.7 Å². The van der Waals surface area contributed by atoms with E-state index in [9.17, 15) is 4.79 Å². The minimum atomic E-state index is -0.242. The molecule has 0 aromatic heterocycles. The van der Waals surface area contributed by atoms with Crippen molar-refractivity contribution in [2.75, 3.05) is 13.7 Å². The van der Waals surface area contributed by atoms with Crippen LogP contribution in [-0.4, -0.2) is 19.6 Å². The van der Waals surface area contributed by atoms with Gasteiger partial charge in [-0.25, -0.2) is 4.79 Å². The fraction of sp³-hybridized carbons (Fsp3) is 0.500. The Labute approximate surface area is 101 Å². The Bertz CT molecular complexity index is 463. The molecule has 1 fully saturated rings. The van der Waals surface area contributed by atoms with Crippen molar-refractivity contribution >= 4 is 5.97 Å². The average Bonchev–Trinajstić information content (AvgIpc) is 2.34. The van der Waals surface area contributed by atoms with Crippen LogP contribution < -0.4 is 5.32 Å². The summed E-state index contributed by atoms with van der Waals surface area (Å²) in [6.45, 7) is 1.11. The first-order valence-corrected chi connectivity index (χ1v) is 6.22. The quantitative estimate of drug-likeness (QED) is 0.751. The largest absolute Gasteiger partial charge is 0.465 e. The highest BCUT2D eigenvalue weighted by molar-refractivity contribution is 5.89. The summed E-state index contributed by atoms with van der Waals surface area (Å²) in [6.07, 6.45) is 4.71. The van der Waals surface area contributed by atoms with Gasteiger partial charge in [0, 0.05) is 5.54 Å². The Kier molecular flexibility index (Phi) is 2.44. The molecular formula is C14H17NO2. The fourth-order valence-corrected chi connectivity index (χ4v) is 3.10. The Morgan fingerprint density at radius 3 is 2.88 bits per heavy atom. The summed E-state index contributed by atoms with van der Waals surface area (Å²) in [7, 11) is 1.43. The van der Waals surface area contributed by atoms with Crippen molar-refractivity contribution < 1.29 is 9.53 Å². The van der Waals surface area contributed by atoms with E-state index < -0.39 is 0 Å². The van der Waals surface area contributed by atoms with Crippen LogP contribution >= 0.6 is 0 Å². The van der Waals surface area contributed by atoms with Crippen LogP contribution in [0.25, 0.3) is 0 Å². The molecule has 90 valence electrons. The SMILES string of the molecule is COC(=O)c1ccc2c(c1)CCC[C@]21CCN1. The van der Waals surface area contributed by atoms with Gasteiger partial charge in [-0.05, 0) is 55.5 Å². The zero-order valence-electron chi connectivity index (χ0n) is 10.1. The first-order valence-electron chi connectivity index (χ1n) is 6.22. The Hall–Kier alpha value is -1.35. The van der Waals surface area contributed by atoms with E-state index in [1.165, 1.54) is 37.5 Å². The van der Waals surface area contributed by atoms with Crippen molar-refractivity contribution in [3.8, 4) is 0 Å². The zero-order chi connectivity index (χ0) is 11.9. The number of aryl methyl sites for hydroxylation is 1. The molecule has 0 saturated carbocycles. The van der Waals surface area contributed by atoms with Crippen molar-refractivity contribution in [2.24, 2.45) is 0 Å². The molecule has 0 unspecified atom stereocenters. The predicted octanol–water partition coefficient (Wildman–Crippen LogP) is 2.00. The number of hydrogen-bond donors (Lipinski definition) is 1. The summed E-state index contributed by atoms with van der Waals surface area (Å²) < 4.78 is 4.77. The summed E-state index contributed by atoms with van der Waals surface area (Å²) in [5, 5.41) is 3.56. The number of carbonyl (C=O) groups is 1. The lowest BCUT2D eigenvalue weighted by atomic mass is 9.70. The summed E-state index contributed by atoms with van der Waals surface area (Å²) >= 11 is 0. The lowest BCUT2D eigenvalue weighted by Gasteiger charge is -2.47. The number of fused-ring (bicyclic) bond motifs is 2. The molecule has 0 radical (unpaired) electrons. The standard InChI is InChI=1S/C14H17NO2/c1-17-13(16)11-4-5-12-10(9-11)3-2-6-14(12)7-8-15-14/h4-5,9,15H,2-3,6-8H2,1H3/t14-/m0/s1. The Balaban J connectivity index is 2.01. The van der Waals surface area contributed by atoms with Crippen LogP contribution in [0.1, 0.15) is 40.7 Å². The molecule has 3 rings (SSSR count). The van der Waals surface area contributed by atoms with Crippen molar-refractivity contribution in [1.29, 1.82) is 0 Å². The van der Waals surface area contributed by atoms with E-state index in [0.717, 1.165) is 13.0 Å². The van der Waals surface area contributed by atoms with Crippen molar-refractivity contribution in [1.82, 2.24) is 5.32 Å². The maximum absolute atomic E-state index is 11.5. The molecule has 2 aliphatic rings. The summed E-state index contributed by atoms with van der Waals surface area (Å²) in [6, 6.07) is 5.99. The molecule has 1 aliphatic heterocycles. The van der Waals surface area contributed by atoms with Crippen molar-refractivity contribution in [2.45, 2.75) is 31.2 Å². The highest BCUT2D eigenvalue weighted by Gasteiger charge is 2.41. The van der Waals surface area contributed by atoms with Crippen LogP contribution in [0, 0.1) is 0 Å². The molecule has 1 spiro atoms. The minimum Gasteiger partial charge on any atom is -0.465 e. The lowest BCUT2D eigenvalue weighted by Crippen LogP contribution is -2.55. The van der Waals surface area contributed by atoms with Crippen LogP contribution in [0.3, 0.4) is 0 Å². The minimum absolute atomic E-state index is 0.211. The summed E-state index contributed by atoms with van der Waals surface area (Å²) in [5.41, 5.74) is 3.58. The topological polar surface area (TPSA) is 38.3 Å². The molecule has 1 heterocycles. The van der Waals surface area contributed by atoms with E-state index >= 15 is 0 Å². The second kappa shape index (κ2) is 3.84. The van der Waals surface area contributed by atoms with Gasteiger partial charge < -0.3 is 10.1 Å². The Morgan fingerprint density at radius 2 is 2.24 bits per heavy atom. The zero-order valence-corrected chi connectivity index (χ0v) is 10.1. The smallest absolute Gasteiger partial charge is 0.337 e. The normalized spacial score (nSPS) is 26.2. The summed E-state index contributed by atoms with van der Waals surface area (Å²) in [4.78, 5) is 11.5. The molecule has 0 bridgehead atoms. The van der Waals surface area contributed by atoms with E-state index in [2.05, 4.69) is 11.4 Å². The highest BCUT2D eigenvalue weighted by atomic mass is 16.5.